The Kier molecular flexibility index (Phi) is 5.10. The molecule has 0 saturated carbocycles. The van der Waals surface area contributed by atoms with Crippen LogP contribution in [0.1, 0.15) is 0 Å². The van der Waals surface area contributed by atoms with E-state index < -0.39 is 0 Å². The number of fused-ring (bicyclic) bond motifs is 4. The van der Waals surface area contributed by atoms with Gasteiger partial charge in [-0.15, -0.1) is 5.10 Å². The normalized spacial score (nSPS) is 11.3. The molecule has 0 aliphatic carbocycles. The number of nitrogens with zero attached hydrogens (tertiary/aromatic N) is 5. The molecule has 3 heterocycles. The summed E-state index contributed by atoms with van der Waals surface area (Å²) in [6, 6.07) is 20.2. The van der Waals surface area contributed by atoms with Crippen molar-refractivity contribution >= 4 is 39.1 Å². The summed E-state index contributed by atoms with van der Waals surface area (Å²) in [5.74, 6) is 2.64. The first-order chi connectivity index (χ1) is 17.6. The molecule has 0 unspecified atom stereocenters. The highest BCUT2D eigenvalue weighted by Crippen LogP contribution is 2.41. The molecule has 0 aliphatic rings. The van der Waals surface area contributed by atoms with Crippen molar-refractivity contribution in [3.8, 4) is 28.6 Å². The number of methoxy groups -OCH3 is 3. The van der Waals surface area contributed by atoms with Crippen LogP contribution < -0.4 is 19.5 Å². The van der Waals surface area contributed by atoms with E-state index in [9.17, 15) is 0 Å². The maximum Gasteiger partial charge on any atom is 0.247 e. The number of para-hydroxylation sites is 1. The van der Waals surface area contributed by atoms with E-state index in [1.165, 1.54) is 16.3 Å². The van der Waals surface area contributed by atoms with E-state index in [1.807, 2.05) is 24.3 Å². The third kappa shape index (κ3) is 3.36. The first-order valence-corrected chi connectivity index (χ1v) is 11.4. The van der Waals surface area contributed by atoms with Gasteiger partial charge >= 0.3 is 0 Å². The van der Waals surface area contributed by atoms with Crippen LogP contribution >= 0.6 is 0 Å². The molecular formula is C27H24N6O3. The van der Waals surface area contributed by atoms with Crippen molar-refractivity contribution in [1.29, 1.82) is 0 Å². The monoisotopic (exact) mass is 480 g/mol. The second-order valence-corrected chi connectivity index (χ2v) is 8.32. The summed E-state index contributed by atoms with van der Waals surface area (Å²) in [5.41, 5.74) is 4.62. The topological polar surface area (TPSA) is 87.7 Å². The quantitative estimate of drug-likeness (QED) is 0.350. The molecule has 6 aromatic rings. The standard InChI is InChI=1S/C27H24N6O3/c1-32-20-8-6-5-7-18(20)19-10-9-17(15-21(19)32)29-27-30-24-11-12-28-26(33(24)31-27)16-13-22(34-2)25(36-4)23(14-16)35-3/h5-15H,1-4H3,(H,29,31). The van der Waals surface area contributed by atoms with Crippen molar-refractivity contribution in [3.63, 3.8) is 0 Å². The number of aromatic nitrogens is 5. The van der Waals surface area contributed by atoms with Crippen molar-refractivity contribution in [2.45, 2.75) is 0 Å². The van der Waals surface area contributed by atoms with Gasteiger partial charge in [-0.1, -0.05) is 24.3 Å². The minimum Gasteiger partial charge on any atom is -0.493 e. The number of hydrogen-bond acceptors (Lipinski definition) is 7. The highest BCUT2D eigenvalue weighted by atomic mass is 16.5. The van der Waals surface area contributed by atoms with Crippen LogP contribution in [-0.4, -0.2) is 45.5 Å². The van der Waals surface area contributed by atoms with Gasteiger partial charge in [-0.25, -0.2) is 4.98 Å². The lowest BCUT2D eigenvalue weighted by Crippen LogP contribution is -2.00. The van der Waals surface area contributed by atoms with Crippen LogP contribution in [0.25, 0.3) is 38.8 Å². The summed E-state index contributed by atoms with van der Waals surface area (Å²) < 4.78 is 20.4. The number of ether oxygens (including phenoxy) is 3. The van der Waals surface area contributed by atoms with E-state index in [4.69, 9.17) is 19.3 Å². The van der Waals surface area contributed by atoms with Gasteiger partial charge < -0.3 is 24.1 Å². The first-order valence-electron chi connectivity index (χ1n) is 11.4. The second kappa shape index (κ2) is 8.46. The molecule has 0 saturated heterocycles. The Morgan fingerprint density at radius 2 is 1.56 bits per heavy atom. The highest BCUT2D eigenvalue weighted by molar-refractivity contribution is 6.08. The number of rotatable bonds is 6. The minimum atomic E-state index is 0.467. The summed E-state index contributed by atoms with van der Waals surface area (Å²) >= 11 is 0. The first kappa shape index (κ1) is 21.7. The molecule has 3 aromatic heterocycles. The third-order valence-electron chi connectivity index (χ3n) is 6.35. The average molecular weight is 481 g/mol. The molecule has 9 heteroatoms. The molecule has 0 bridgehead atoms. The van der Waals surface area contributed by atoms with Crippen LogP contribution in [0.15, 0.2) is 66.9 Å². The zero-order valence-electron chi connectivity index (χ0n) is 20.3. The molecule has 180 valence electrons. The van der Waals surface area contributed by atoms with Crippen LogP contribution in [-0.2, 0) is 7.05 Å². The SMILES string of the molecule is COc1cc(-c2nccc3nc(Nc4ccc5c6ccccc6n(C)c5c4)nn23)cc(OC)c1OC. The van der Waals surface area contributed by atoms with Gasteiger partial charge in [-0.05, 0) is 30.3 Å². The lowest BCUT2D eigenvalue weighted by molar-refractivity contribution is 0.324. The molecule has 9 nitrogen and oxygen atoms in total. The zero-order chi connectivity index (χ0) is 24.8. The van der Waals surface area contributed by atoms with E-state index in [-0.39, 0.29) is 0 Å². The van der Waals surface area contributed by atoms with Gasteiger partial charge in [0.2, 0.25) is 11.7 Å². The minimum absolute atomic E-state index is 0.467. The Morgan fingerprint density at radius 3 is 2.31 bits per heavy atom. The fraction of sp³-hybridized carbons (Fsp3) is 0.148. The van der Waals surface area contributed by atoms with Crippen molar-refractivity contribution in [2.24, 2.45) is 7.05 Å². The predicted octanol–water partition coefficient (Wildman–Crippen LogP) is 5.21. The number of anilines is 2. The van der Waals surface area contributed by atoms with Crippen LogP contribution in [0.5, 0.6) is 17.2 Å². The van der Waals surface area contributed by atoms with Gasteiger partial charge in [0.25, 0.3) is 0 Å². The molecule has 1 N–H and O–H groups in total. The van der Waals surface area contributed by atoms with Crippen LogP contribution in [0.4, 0.5) is 11.6 Å². The summed E-state index contributed by atoms with van der Waals surface area (Å²) in [4.78, 5) is 9.22. The third-order valence-corrected chi connectivity index (χ3v) is 6.35. The Hall–Kier alpha value is -4.79. The van der Waals surface area contributed by atoms with E-state index in [0.29, 0.717) is 34.7 Å². The number of benzene rings is 3. The van der Waals surface area contributed by atoms with Crippen molar-refractivity contribution in [3.05, 3.63) is 66.9 Å². The smallest absolute Gasteiger partial charge is 0.247 e. The molecule has 36 heavy (non-hydrogen) atoms. The second-order valence-electron chi connectivity index (χ2n) is 8.32. The molecule has 6 rings (SSSR count). The van der Waals surface area contributed by atoms with Crippen molar-refractivity contribution < 1.29 is 14.2 Å². The maximum absolute atomic E-state index is 5.51. The summed E-state index contributed by atoms with van der Waals surface area (Å²) in [7, 11) is 6.81. The van der Waals surface area contributed by atoms with E-state index >= 15 is 0 Å². The van der Waals surface area contributed by atoms with E-state index in [0.717, 1.165) is 16.8 Å². The predicted molar refractivity (Wildman–Crippen MR) is 140 cm³/mol. The van der Waals surface area contributed by atoms with Gasteiger partial charge in [-0.2, -0.15) is 9.50 Å². The Morgan fingerprint density at radius 1 is 0.806 bits per heavy atom. The largest absolute Gasteiger partial charge is 0.493 e. The molecular weight excluding hydrogens is 456 g/mol. The number of aryl methyl sites for hydroxylation is 1. The van der Waals surface area contributed by atoms with Crippen molar-refractivity contribution in [2.75, 3.05) is 26.6 Å². The van der Waals surface area contributed by atoms with Crippen LogP contribution in [0.2, 0.25) is 0 Å². The number of hydrogen-bond donors (Lipinski definition) is 1. The molecule has 0 spiro atoms. The van der Waals surface area contributed by atoms with Crippen molar-refractivity contribution in [1.82, 2.24) is 24.1 Å². The van der Waals surface area contributed by atoms with Crippen LogP contribution in [0, 0.1) is 0 Å². The Balaban J connectivity index is 1.41. The van der Waals surface area contributed by atoms with Gasteiger partial charge in [0.15, 0.2) is 23.0 Å². The fourth-order valence-corrected chi connectivity index (χ4v) is 4.64. The zero-order valence-corrected chi connectivity index (χ0v) is 20.3. The van der Waals surface area contributed by atoms with E-state index in [1.54, 1.807) is 32.0 Å². The Labute approximate surface area is 206 Å². The van der Waals surface area contributed by atoms with E-state index in [2.05, 4.69) is 63.3 Å². The summed E-state index contributed by atoms with van der Waals surface area (Å²) in [6.07, 6.45) is 1.70. The molecule has 0 amide bonds. The summed E-state index contributed by atoms with van der Waals surface area (Å²) in [5, 5.41) is 10.5. The molecule has 3 aromatic carbocycles. The molecule has 0 atom stereocenters. The lowest BCUT2D eigenvalue weighted by Gasteiger charge is -2.14. The maximum atomic E-state index is 5.51. The lowest BCUT2D eigenvalue weighted by atomic mass is 10.1. The molecule has 0 fully saturated rings. The molecule has 0 radical (unpaired) electrons. The van der Waals surface area contributed by atoms with Gasteiger partial charge in [0.1, 0.15) is 0 Å². The highest BCUT2D eigenvalue weighted by Gasteiger charge is 2.18. The van der Waals surface area contributed by atoms with Crippen LogP contribution in [0.3, 0.4) is 0 Å². The average Bonchev–Trinajstić information content (AvgIpc) is 3.46. The molecule has 0 aliphatic heterocycles. The fourth-order valence-electron chi connectivity index (χ4n) is 4.64. The van der Waals surface area contributed by atoms with Gasteiger partial charge in [-0.3, -0.25) is 0 Å². The number of nitrogens with one attached hydrogen (secondary N) is 1. The summed E-state index contributed by atoms with van der Waals surface area (Å²) in [6.45, 7) is 0. The Bertz CT molecular complexity index is 1730. The van der Waals surface area contributed by atoms with Gasteiger partial charge in [0, 0.05) is 46.9 Å². The van der Waals surface area contributed by atoms with Gasteiger partial charge in [0.05, 0.1) is 26.8 Å².